The molecule has 1 fully saturated rings. The Labute approximate surface area is 192 Å². The summed E-state index contributed by atoms with van der Waals surface area (Å²) in [4.78, 5) is 2.58. The minimum Gasteiger partial charge on any atom is -0.497 e. The molecular formula is C29H34N2O. The number of fused-ring (bicyclic) bond motifs is 1. The molecule has 3 atom stereocenters. The molecule has 0 amide bonds. The van der Waals surface area contributed by atoms with E-state index in [0.717, 1.165) is 45.0 Å². The van der Waals surface area contributed by atoms with Gasteiger partial charge in [-0.2, -0.15) is 0 Å². The van der Waals surface area contributed by atoms with Crippen molar-refractivity contribution >= 4 is 10.8 Å². The molecule has 1 N–H and O–H groups in total. The minimum atomic E-state index is 0.326. The van der Waals surface area contributed by atoms with Crippen LogP contribution in [-0.4, -0.2) is 37.7 Å². The second-order valence-electron chi connectivity index (χ2n) is 9.31. The first-order valence-electron chi connectivity index (χ1n) is 12.1. The van der Waals surface area contributed by atoms with Gasteiger partial charge in [0.15, 0.2) is 0 Å². The van der Waals surface area contributed by atoms with E-state index in [2.05, 4.69) is 96.0 Å². The van der Waals surface area contributed by atoms with Gasteiger partial charge in [0, 0.05) is 24.9 Å². The van der Waals surface area contributed by atoms with Gasteiger partial charge in [-0.3, -0.25) is 4.90 Å². The van der Waals surface area contributed by atoms with Crippen LogP contribution in [0.3, 0.4) is 0 Å². The van der Waals surface area contributed by atoms with Crippen molar-refractivity contribution in [3.05, 3.63) is 95.8 Å². The van der Waals surface area contributed by atoms with Gasteiger partial charge in [-0.15, -0.1) is 0 Å². The summed E-state index contributed by atoms with van der Waals surface area (Å²) in [6, 6.07) is 26.8. The Balaban J connectivity index is 1.29. The monoisotopic (exact) mass is 426 g/mol. The highest BCUT2D eigenvalue weighted by molar-refractivity contribution is 5.86. The zero-order valence-electron chi connectivity index (χ0n) is 19.0. The Morgan fingerprint density at radius 2 is 1.81 bits per heavy atom. The Morgan fingerprint density at radius 1 is 1.00 bits per heavy atom. The van der Waals surface area contributed by atoms with Crippen LogP contribution in [-0.2, 0) is 4.74 Å². The molecule has 3 aromatic rings. The number of nitrogens with one attached hydrogen (secondary N) is 1. The van der Waals surface area contributed by atoms with Crippen LogP contribution in [0.25, 0.3) is 10.8 Å². The van der Waals surface area contributed by atoms with E-state index in [1.807, 2.05) is 0 Å². The van der Waals surface area contributed by atoms with Crippen LogP contribution >= 0.6 is 0 Å². The third-order valence-electron chi connectivity index (χ3n) is 7.20. The summed E-state index contributed by atoms with van der Waals surface area (Å²) < 4.78 is 5.79. The van der Waals surface area contributed by atoms with E-state index in [9.17, 15) is 0 Å². The summed E-state index contributed by atoms with van der Waals surface area (Å²) in [7, 11) is 0. The van der Waals surface area contributed by atoms with E-state index in [1.165, 1.54) is 28.3 Å². The first-order chi connectivity index (χ1) is 15.8. The quantitative estimate of drug-likeness (QED) is 0.509. The van der Waals surface area contributed by atoms with Gasteiger partial charge >= 0.3 is 0 Å². The first kappa shape index (κ1) is 21.2. The number of rotatable bonds is 7. The molecular weight excluding hydrogens is 392 g/mol. The number of hydrogen-bond acceptors (Lipinski definition) is 3. The molecule has 2 heterocycles. The fourth-order valence-electron chi connectivity index (χ4n) is 5.40. The van der Waals surface area contributed by atoms with Gasteiger partial charge in [0.25, 0.3) is 0 Å². The molecule has 0 saturated carbocycles. The van der Waals surface area contributed by atoms with Crippen molar-refractivity contribution in [2.45, 2.75) is 31.7 Å². The Hall–Kier alpha value is -2.62. The fraction of sp³-hybridized carbons (Fsp3) is 0.379. The third-order valence-corrected chi connectivity index (χ3v) is 7.20. The SMILES string of the molecule is C[C@@H](NCC1CCN(CC2=CCCO2)CC1c1ccccc1)c1cccc2ccccc12. The summed E-state index contributed by atoms with van der Waals surface area (Å²) in [6.45, 7) is 7.38. The molecule has 32 heavy (non-hydrogen) atoms. The Morgan fingerprint density at radius 3 is 2.66 bits per heavy atom. The second kappa shape index (κ2) is 9.89. The van der Waals surface area contributed by atoms with Gasteiger partial charge in [0.2, 0.25) is 0 Å². The molecule has 0 spiro atoms. The molecule has 0 radical (unpaired) electrons. The molecule has 3 aromatic carbocycles. The van der Waals surface area contributed by atoms with Crippen LogP contribution in [0, 0.1) is 5.92 Å². The molecule has 3 nitrogen and oxygen atoms in total. The maximum absolute atomic E-state index is 5.79. The standard InChI is InChI=1S/C29H34N2O/c1-22(27-15-7-12-23-11-5-6-14-28(23)27)30-19-25-16-17-31(20-26-13-8-18-32-26)21-29(25)24-9-3-2-4-10-24/h2-7,9-15,22,25,29-30H,8,16-21H2,1H3/t22-,25?,29?/m1/s1. The van der Waals surface area contributed by atoms with E-state index in [0.29, 0.717) is 17.9 Å². The highest BCUT2D eigenvalue weighted by Gasteiger charge is 2.31. The van der Waals surface area contributed by atoms with E-state index >= 15 is 0 Å². The molecule has 5 rings (SSSR count). The molecule has 1 saturated heterocycles. The topological polar surface area (TPSA) is 24.5 Å². The highest BCUT2D eigenvalue weighted by atomic mass is 16.5. The zero-order valence-corrected chi connectivity index (χ0v) is 19.0. The smallest absolute Gasteiger partial charge is 0.106 e. The van der Waals surface area contributed by atoms with Crippen molar-refractivity contribution in [1.82, 2.24) is 10.2 Å². The molecule has 0 aromatic heterocycles. The van der Waals surface area contributed by atoms with Gasteiger partial charge in [0.1, 0.15) is 5.76 Å². The van der Waals surface area contributed by atoms with Gasteiger partial charge in [-0.05, 0) is 60.3 Å². The van der Waals surface area contributed by atoms with E-state index in [-0.39, 0.29) is 0 Å². The van der Waals surface area contributed by atoms with Crippen molar-refractivity contribution in [3.63, 3.8) is 0 Å². The normalized spacial score (nSPS) is 22.5. The predicted molar refractivity (Wildman–Crippen MR) is 133 cm³/mol. The second-order valence-corrected chi connectivity index (χ2v) is 9.31. The van der Waals surface area contributed by atoms with Crippen LogP contribution in [0.15, 0.2) is 84.6 Å². The molecule has 166 valence electrons. The maximum Gasteiger partial charge on any atom is 0.106 e. The lowest BCUT2D eigenvalue weighted by Gasteiger charge is -2.39. The average molecular weight is 427 g/mol. The number of piperidine rings is 1. The van der Waals surface area contributed by atoms with Gasteiger partial charge in [-0.1, -0.05) is 72.8 Å². The third kappa shape index (κ3) is 4.74. The molecule has 2 aliphatic heterocycles. The zero-order chi connectivity index (χ0) is 21.8. The van der Waals surface area contributed by atoms with Gasteiger partial charge in [0.05, 0.1) is 13.2 Å². The maximum atomic E-state index is 5.79. The van der Waals surface area contributed by atoms with Crippen LogP contribution in [0.2, 0.25) is 0 Å². The number of benzene rings is 3. The number of likely N-dealkylation sites (tertiary alicyclic amines) is 1. The average Bonchev–Trinajstić information content (AvgIpc) is 3.36. The van der Waals surface area contributed by atoms with Crippen molar-refractivity contribution in [2.75, 3.05) is 32.8 Å². The number of hydrogen-bond donors (Lipinski definition) is 1. The lowest BCUT2D eigenvalue weighted by molar-refractivity contribution is 0.136. The highest BCUT2D eigenvalue weighted by Crippen LogP contribution is 2.33. The fourth-order valence-corrected chi connectivity index (χ4v) is 5.40. The van der Waals surface area contributed by atoms with Crippen molar-refractivity contribution in [1.29, 1.82) is 0 Å². The number of ether oxygens (including phenoxy) is 1. The van der Waals surface area contributed by atoms with Gasteiger partial charge < -0.3 is 10.1 Å². The minimum absolute atomic E-state index is 0.326. The van der Waals surface area contributed by atoms with Crippen LogP contribution in [0.4, 0.5) is 0 Å². The summed E-state index contributed by atoms with van der Waals surface area (Å²) >= 11 is 0. The first-order valence-corrected chi connectivity index (χ1v) is 12.1. The predicted octanol–water partition coefficient (Wildman–Crippen LogP) is 5.90. The molecule has 3 heteroatoms. The van der Waals surface area contributed by atoms with Crippen LogP contribution in [0.5, 0.6) is 0 Å². The van der Waals surface area contributed by atoms with Gasteiger partial charge in [-0.25, -0.2) is 0 Å². The molecule has 2 unspecified atom stereocenters. The van der Waals surface area contributed by atoms with Crippen molar-refractivity contribution < 1.29 is 4.74 Å². The lowest BCUT2D eigenvalue weighted by atomic mass is 9.80. The van der Waals surface area contributed by atoms with E-state index in [1.54, 1.807) is 0 Å². The van der Waals surface area contributed by atoms with E-state index < -0.39 is 0 Å². The molecule has 0 aliphatic carbocycles. The van der Waals surface area contributed by atoms with Crippen molar-refractivity contribution in [3.8, 4) is 0 Å². The summed E-state index contributed by atoms with van der Waals surface area (Å²) in [5.74, 6) is 2.33. The van der Waals surface area contributed by atoms with Crippen LogP contribution in [0.1, 0.15) is 42.9 Å². The van der Waals surface area contributed by atoms with Crippen LogP contribution < -0.4 is 5.32 Å². The Bertz CT molecular complexity index is 1060. The molecule has 2 aliphatic rings. The summed E-state index contributed by atoms with van der Waals surface area (Å²) in [5, 5.41) is 6.57. The summed E-state index contributed by atoms with van der Waals surface area (Å²) in [6.07, 6.45) is 4.53. The van der Waals surface area contributed by atoms with Crippen molar-refractivity contribution in [2.24, 2.45) is 5.92 Å². The number of nitrogens with zero attached hydrogens (tertiary/aromatic N) is 1. The molecule has 0 bridgehead atoms. The lowest BCUT2D eigenvalue weighted by Crippen LogP contribution is -2.43. The van der Waals surface area contributed by atoms with E-state index in [4.69, 9.17) is 4.74 Å². The largest absolute Gasteiger partial charge is 0.497 e. The summed E-state index contributed by atoms with van der Waals surface area (Å²) in [5.41, 5.74) is 2.85. The Kier molecular flexibility index (Phi) is 6.56.